The van der Waals surface area contributed by atoms with Gasteiger partial charge >= 0.3 is 0 Å². The normalized spacial score (nSPS) is 18.1. The van der Waals surface area contributed by atoms with Crippen molar-refractivity contribution < 1.29 is 8.42 Å². The third-order valence-electron chi connectivity index (χ3n) is 3.50. The minimum Gasteiger partial charge on any atom is -0.381 e. The van der Waals surface area contributed by atoms with Gasteiger partial charge in [0, 0.05) is 13.1 Å². The molecule has 1 aromatic rings. The van der Waals surface area contributed by atoms with Gasteiger partial charge in [0.05, 0.1) is 5.69 Å². The van der Waals surface area contributed by atoms with Gasteiger partial charge in [-0.1, -0.05) is 19.3 Å². The van der Waals surface area contributed by atoms with E-state index in [1.807, 2.05) is 0 Å². The highest BCUT2D eigenvalue weighted by molar-refractivity contribution is 7.89. The van der Waals surface area contributed by atoms with Gasteiger partial charge in [-0.15, -0.1) is 0 Å². The van der Waals surface area contributed by atoms with E-state index in [1.54, 1.807) is 14.0 Å². The summed E-state index contributed by atoms with van der Waals surface area (Å²) in [6.07, 6.45) is 5.15. The third-order valence-corrected chi connectivity index (χ3v) is 5.19. The van der Waals surface area contributed by atoms with Crippen molar-refractivity contribution in [2.75, 3.05) is 5.73 Å². The molecule has 0 atom stereocenters. The number of rotatable bonds is 3. The maximum absolute atomic E-state index is 12.3. The number of nitrogens with two attached hydrogens (primary N) is 1. The molecule has 0 aromatic carbocycles. The molecular weight excluding hydrogens is 252 g/mol. The van der Waals surface area contributed by atoms with E-state index in [0.717, 1.165) is 25.7 Å². The van der Waals surface area contributed by atoms with Gasteiger partial charge in [-0.2, -0.15) is 5.10 Å². The summed E-state index contributed by atoms with van der Waals surface area (Å²) in [5.74, 6) is 0.0679. The Bertz CT molecular complexity index is 529. The molecule has 102 valence electrons. The van der Waals surface area contributed by atoms with Crippen LogP contribution in [0.2, 0.25) is 0 Å². The van der Waals surface area contributed by atoms with Gasteiger partial charge in [-0.25, -0.2) is 13.1 Å². The average molecular weight is 272 g/mol. The molecule has 1 aliphatic rings. The van der Waals surface area contributed by atoms with E-state index in [2.05, 4.69) is 9.82 Å². The van der Waals surface area contributed by atoms with Crippen molar-refractivity contribution in [3.63, 3.8) is 0 Å². The number of nitrogens with one attached hydrogen (secondary N) is 1. The van der Waals surface area contributed by atoms with Crippen LogP contribution in [0.25, 0.3) is 0 Å². The largest absolute Gasteiger partial charge is 0.381 e. The lowest BCUT2D eigenvalue weighted by atomic mass is 9.96. The number of aryl methyl sites for hydroxylation is 1. The maximum Gasteiger partial charge on any atom is 0.246 e. The van der Waals surface area contributed by atoms with Crippen LogP contribution in [0.5, 0.6) is 0 Å². The second-order valence-electron chi connectivity index (χ2n) is 4.88. The van der Waals surface area contributed by atoms with Crippen LogP contribution in [0, 0.1) is 6.92 Å². The van der Waals surface area contributed by atoms with Crippen LogP contribution in [-0.2, 0) is 17.1 Å². The Kier molecular flexibility index (Phi) is 3.63. The molecule has 2 rings (SSSR count). The molecule has 0 amide bonds. The van der Waals surface area contributed by atoms with Gasteiger partial charge in [0.1, 0.15) is 4.90 Å². The van der Waals surface area contributed by atoms with Crippen molar-refractivity contribution in [2.24, 2.45) is 7.05 Å². The number of aromatic nitrogens is 2. The Labute approximate surface area is 108 Å². The number of hydrogen-bond donors (Lipinski definition) is 2. The second kappa shape index (κ2) is 4.89. The topological polar surface area (TPSA) is 90.0 Å². The molecule has 0 unspecified atom stereocenters. The number of nitrogen functional groups attached to an aromatic ring is 1. The average Bonchev–Trinajstić information content (AvgIpc) is 2.54. The lowest BCUT2D eigenvalue weighted by Crippen LogP contribution is -2.36. The first-order valence-corrected chi connectivity index (χ1v) is 7.71. The molecule has 0 bridgehead atoms. The van der Waals surface area contributed by atoms with Crippen LogP contribution in [0.4, 0.5) is 5.82 Å². The summed E-state index contributed by atoms with van der Waals surface area (Å²) in [4.78, 5) is 0.121. The highest BCUT2D eigenvalue weighted by Crippen LogP contribution is 2.24. The summed E-state index contributed by atoms with van der Waals surface area (Å²) in [5.41, 5.74) is 6.25. The molecule has 0 aliphatic heterocycles. The summed E-state index contributed by atoms with van der Waals surface area (Å²) < 4.78 is 28.9. The van der Waals surface area contributed by atoms with Gasteiger partial charge < -0.3 is 5.73 Å². The first kappa shape index (κ1) is 13.4. The highest BCUT2D eigenvalue weighted by atomic mass is 32.2. The van der Waals surface area contributed by atoms with Crippen LogP contribution < -0.4 is 10.5 Å². The van der Waals surface area contributed by atoms with Gasteiger partial charge in [0.2, 0.25) is 10.0 Å². The predicted octanol–water partition coefficient (Wildman–Crippen LogP) is 0.922. The van der Waals surface area contributed by atoms with E-state index >= 15 is 0 Å². The standard InChI is InChI=1S/C11H20N4O2S/c1-8-10(11(12)13-15(8)2)18(16,17)14-9-6-4-3-5-7-9/h9,14H,3-7H2,1-2H3,(H2,12,13). The fourth-order valence-corrected chi connectivity index (χ4v) is 4.07. The van der Waals surface area contributed by atoms with Gasteiger partial charge in [0.15, 0.2) is 5.82 Å². The maximum atomic E-state index is 12.3. The zero-order valence-corrected chi connectivity index (χ0v) is 11.6. The Balaban J connectivity index is 2.24. The van der Waals surface area contributed by atoms with Crippen molar-refractivity contribution in [3.05, 3.63) is 5.69 Å². The molecule has 6 nitrogen and oxygen atoms in total. The highest BCUT2D eigenvalue weighted by Gasteiger charge is 2.27. The van der Waals surface area contributed by atoms with Gasteiger partial charge in [0.25, 0.3) is 0 Å². The van der Waals surface area contributed by atoms with Crippen LogP contribution in [0.15, 0.2) is 4.90 Å². The van der Waals surface area contributed by atoms with E-state index in [4.69, 9.17) is 5.73 Å². The van der Waals surface area contributed by atoms with E-state index in [1.165, 1.54) is 11.1 Å². The summed E-state index contributed by atoms with van der Waals surface area (Å²) in [6, 6.07) is 0.0303. The van der Waals surface area contributed by atoms with Crippen LogP contribution in [-0.4, -0.2) is 24.2 Å². The second-order valence-corrected chi connectivity index (χ2v) is 6.53. The first-order valence-electron chi connectivity index (χ1n) is 6.23. The summed E-state index contributed by atoms with van der Waals surface area (Å²) >= 11 is 0. The monoisotopic (exact) mass is 272 g/mol. The van der Waals surface area contributed by atoms with E-state index in [-0.39, 0.29) is 16.8 Å². The fraction of sp³-hybridized carbons (Fsp3) is 0.727. The van der Waals surface area contributed by atoms with Crippen molar-refractivity contribution in [2.45, 2.75) is 50.0 Å². The minimum atomic E-state index is -3.56. The fourth-order valence-electron chi connectivity index (χ4n) is 2.45. The minimum absolute atomic E-state index is 0.0303. The lowest BCUT2D eigenvalue weighted by molar-refractivity contribution is 0.412. The van der Waals surface area contributed by atoms with Crippen molar-refractivity contribution >= 4 is 15.8 Å². The van der Waals surface area contributed by atoms with Crippen molar-refractivity contribution in [1.82, 2.24) is 14.5 Å². The number of anilines is 1. The smallest absolute Gasteiger partial charge is 0.246 e. The molecule has 18 heavy (non-hydrogen) atoms. The Morgan fingerprint density at radius 1 is 1.33 bits per heavy atom. The zero-order valence-electron chi connectivity index (χ0n) is 10.8. The Morgan fingerprint density at radius 2 is 1.94 bits per heavy atom. The Hall–Kier alpha value is -1.08. The molecule has 1 saturated carbocycles. The molecule has 7 heteroatoms. The quantitative estimate of drug-likeness (QED) is 0.856. The third kappa shape index (κ3) is 2.51. The van der Waals surface area contributed by atoms with Gasteiger partial charge in [-0.3, -0.25) is 4.68 Å². The van der Waals surface area contributed by atoms with E-state index in [0.29, 0.717) is 5.69 Å². The van der Waals surface area contributed by atoms with E-state index < -0.39 is 10.0 Å². The van der Waals surface area contributed by atoms with E-state index in [9.17, 15) is 8.42 Å². The number of hydrogen-bond acceptors (Lipinski definition) is 4. The number of nitrogens with zero attached hydrogens (tertiary/aromatic N) is 2. The molecule has 1 heterocycles. The molecule has 0 radical (unpaired) electrons. The zero-order chi connectivity index (χ0) is 13.3. The molecule has 1 aliphatic carbocycles. The van der Waals surface area contributed by atoms with Crippen molar-refractivity contribution in [3.8, 4) is 0 Å². The molecule has 0 spiro atoms. The van der Waals surface area contributed by atoms with Crippen LogP contribution >= 0.6 is 0 Å². The lowest BCUT2D eigenvalue weighted by Gasteiger charge is -2.22. The number of sulfonamides is 1. The van der Waals surface area contributed by atoms with Crippen LogP contribution in [0.3, 0.4) is 0 Å². The predicted molar refractivity (Wildman–Crippen MR) is 69.6 cm³/mol. The molecule has 1 fully saturated rings. The van der Waals surface area contributed by atoms with Crippen LogP contribution in [0.1, 0.15) is 37.8 Å². The summed E-state index contributed by atoms with van der Waals surface area (Å²) in [5, 5.41) is 3.95. The van der Waals surface area contributed by atoms with Gasteiger partial charge in [-0.05, 0) is 19.8 Å². The Morgan fingerprint density at radius 3 is 2.44 bits per heavy atom. The SMILES string of the molecule is Cc1c(S(=O)(=O)NC2CCCCC2)c(N)nn1C. The first-order chi connectivity index (χ1) is 8.42. The molecular formula is C11H20N4O2S. The van der Waals surface area contributed by atoms with Crippen molar-refractivity contribution in [1.29, 1.82) is 0 Å². The molecule has 0 saturated heterocycles. The summed E-state index contributed by atoms with van der Waals surface area (Å²) in [7, 11) is -1.87. The molecule has 1 aromatic heterocycles. The molecule has 3 N–H and O–H groups in total. The summed E-state index contributed by atoms with van der Waals surface area (Å²) in [6.45, 7) is 1.71.